The number of benzene rings is 1. The van der Waals surface area contributed by atoms with Crippen molar-refractivity contribution in [1.29, 1.82) is 0 Å². The zero-order chi connectivity index (χ0) is 16.4. The summed E-state index contributed by atoms with van der Waals surface area (Å²) < 4.78 is 1.52. The fraction of sp³-hybridized carbons (Fsp3) is 0.357. The van der Waals surface area contributed by atoms with Crippen molar-refractivity contribution < 1.29 is 4.92 Å². The highest BCUT2D eigenvalue weighted by atomic mass is 35.5. The van der Waals surface area contributed by atoms with Crippen molar-refractivity contribution in [2.75, 3.05) is 11.9 Å². The number of aromatic nitrogens is 2. The Hall–Kier alpha value is -1.79. The van der Waals surface area contributed by atoms with E-state index in [1.165, 1.54) is 4.68 Å². The molecule has 0 spiro atoms. The second kappa shape index (κ2) is 6.54. The van der Waals surface area contributed by atoms with Crippen molar-refractivity contribution in [3.05, 3.63) is 49.6 Å². The number of aryl methyl sites for hydroxylation is 2. The predicted octanol–water partition coefficient (Wildman–Crippen LogP) is 3.83. The maximum absolute atomic E-state index is 11.4. The summed E-state index contributed by atoms with van der Waals surface area (Å²) >= 11 is 12.2. The number of hydrogen-bond donors (Lipinski definition) is 0. The number of nitrogens with zero attached hydrogens (tertiary/aromatic N) is 4. The summed E-state index contributed by atoms with van der Waals surface area (Å²) in [6.07, 6.45) is 0.496. The van der Waals surface area contributed by atoms with Crippen LogP contribution in [0.3, 0.4) is 0 Å². The van der Waals surface area contributed by atoms with Crippen LogP contribution in [0, 0.1) is 10.1 Å². The molecule has 0 aliphatic rings. The summed E-state index contributed by atoms with van der Waals surface area (Å²) in [4.78, 5) is 12.7. The zero-order valence-electron chi connectivity index (χ0n) is 12.5. The number of anilines is 1. The summed E-state index contributed by atoms with van der Waals surface area (Å²) in [5.74, 6) is 0.442. The lowest BCUT2D eigenvalue weighted by molar-refractivity contribution is -0.384. The molecule has 6 nitrogen and oxygen atoms in total. The van der Waals surface area contributed by atoms with E-state index in [2.05, 4.69) is 5.10 Å². The number of nitro groups is 1. The lowest BCUT2D eigenvalue weighted by Crippen LogP contribution is -2.20. The Morgan fingerprint density at radius 2 is 2.09 bits per heavy atom. The molecule has 1 heterocycles. The minimum absolute atomic E-state index is 0.0330. The molecule has 0 saturated heterocycles. The van der Waals surface area contributed by atoms with E-state index in [4.69, 9.17) is 23.2 Å². The third-order valence-electron chi connectivity index (χ3n) is 3.38. The highest BCUT2D eigenvalue weighted by Gasteiger charge is 2.28. The van der Waals surface area contributed by atoms with E-state index < -0.39 is 4.92 Å². The van der Waals surface area contributed by atoms with E-state index >= 15 is 0 Å². The fourth-order valence-electron chi connectivity index (χ4n) is 2.41. The second-order valence-electron chi connectivity index (χ2n) is 4.92. The van der Waals surface area contributed by atoms with Gasteiger partial charge in [-0.2, -0.15) is 5.10 Å². The quantitative estimate of drug-likeness (QED) is 0.611. The third kappa shape index (κ3) is 3.03. The summed E-state index contributed by atoms with van der Waals surface area (Å²) in [5, 5.41) is 16.5. The minimum Gasteiger partial charge on any atom is -0.350 e. The molecule has 2 aromatic rings. The molecule has 0 radical (unpaired) electrons. The van der Waals surface area contributed by atoms with Gasteiger partial charge in [-0.15, -0.1) is 0 Å². The molecule has 0 aliphatic carbocycles. The largest absolute Gasteiger partial charge is 0.350 e. The molecule has 0 unspecified atom stereocenters. The lowest BCUT2D eigenvalue weighted by Gasteiger charge is -2.19. The van der Waals surface area contributed by atoms with E-state index in [1.807, 2.05) is 13.0 Å². The van der Waals surface area contributed by atoms with Crippen LogP contribution in [0.25, 0.3) is 0 Å². The van der Waals surface area contributed by atoms with Gasteiger partial charge in [0.2, 0.25) is 5.82 Å². The summed E-state index contributed by atoms with van der Waals surface area (Å²) in [6.45, 7) is 2.23. The van der Waals surface area contributed by atoms with E-state index in [-0.39, 0.29) is 5.69 Å². The van der Waals surface area contributed by atoms with Gasteiger partial charge in [-0.05, 0) is 18.1 Å². The van der Waals surface area contributed by atoms with Crippen molar-refractivity contribution in [2.45, 2.75) is 19.9 Å². The molecule has 118 valence electrons. The van der Waals surface area contributed by atoms with E-state index in [0.29, 0.717) is 34.5 Å². The van der Waals surface area contributed by atoms with Crippen LogP contribution < -0.4 is 4.90 Å². The van der Waals surface area contributed by atoms with Gasteiger partial charge in [0.15, 0.2) is 0 Å². The molecule has 2 rings (SSSR count). The third-order valence-corrected chi connectivity index (χ3v) is 4.24. The molecular formula is C14H16Cl2N4O2. The first kappa shape index (κ1) is 16.6. The van der Waals surface area contributed by atoms with Crippen LogP contribution in [0.15, 0.2) is 18.2 Å². The van der Waals surface area contributed by atoms with Crippen LogP contribution in [-0.2, 0) is 20.0 Å². The van der Waals surface area contributed by atoms with Gasteiger partial charge in [-0.25, -0.2) is 4.68 Å². The normalized spacial score (nSPS) is 10.8. The molecule has 1 aromatic carbocycles. The molecule has 0 atom stereocenters. The topological polar surface area (TPSA) is 64.2 Å². The smallest absolute Gasteiger partial charge is 0.334 e. The Balaban J connectivity index is 2.41. The van der Waals surface area contributed by atoms with Gasteiger partial charge < -0.3 is 4.90 Å². The van der Waals surface area contributed by atoms with Crippen molar-refractivity contribution in [3.63, 3.8) is 0 Å². The molecular weight excluding hydrogens is 327 g/mol. The standard InChI is InChI=1S/C14H16Cl2N4O2/c1-4-11-13(20(21)22)14(19(3)17-11)18(2)8-9-6-5-7-10(15)12(9)16/h5-7H,4,8H2,1-3H3. The monoisotopic (exact) mass is 342 g/mol. The first-order valence-corrected chi connectivity index (χ1v) is 7.46. The molecule has 0 N–H and O–H groups in total. The van der Waals surface area contributed by atoms with Crippen molar-refractivity contribution >= 4 is 34.7 Å². The van der Waals surface area contributed by atoms with E-state index in [9.17, 15) is 10.1 Å². The Labute approximate surface area is 138 Å². The summed E-state index contributed by atoms with van der Waals surface area (Å²) in [6, 6.07) is 5.34. The van der Waals surface area contributed by atoms with E-state index in [0.717, 1.165) is 5.56 Å². The van der Waals surface area contributed by atoms with Gasteiger partial charge in [0.05, 0.1) is 15.0 Å². The van der Waals surface area contributed by atoms with Crippen LogP contribution in [-0.4, -0.2) is 21.8 Å². The number of rotatable bonds is 5. The molecule has 0 saturated carbocycles. The van der Waals surface area contributed by atoms with Crippen LogP contribution in [0.2, 0.25) is 10.0 Å². The number of hydrogen-bond acceptors (Lipinski definition) is 4. The Morgan fingerprint density at radius 3 is 2.68 bits per heavy atom. The second-order valence-corrected chi connectivity index (χ2v) is 5.71. The lowest BCUT2D eigenvalue weighted by atomic mass is 10.2. The molecule has 0 fully saturated rings. The van der Waals surface area contributed by atoms with Gasteiger partial charge in [-0.1, -0.05) is 42.3 Å². The van der Waals surface area contributed by atoms with Gasteiger partial charge >= 0.3 is 5.69 Å². The van der Waals surface area contributed by atoms with Crippen molar-refractivity contribution in [1.82, 2.24) is 9.78 Å². The van der Waals surface area contributed by atoms with Crippen molar-refractivity contribution in [2.24, 2.45) is 7.05 Å². The van der Waals surface area contributed by atoms with Gasteiger partial charge in [0, 0.05) is 20.6 Å². The molecule has 22 heavy (non-hydrogen) atoms. The Bertz CT molecular complexity index is 715. The van der Waals surface area contributed by atoms with Crippen LogP contribution in [0.1, 0.15) is 18.2 Å². The highest BCUT2D eigenvalue weighted by molar-refractivity contribution is 6.42. The first-order chi connectivity index (χ1) is 10.4. The van der Waals surface area contributed by atoms with Gasteiger partial charge in [-0.3, -0.25) is 10.1 Å². The van der Waals surface area contributed by atoms with Crippen molar-refractivity contribution in [3.8, 4) is 0 Å². The zero-order valence-corrected chi connectivity index (χ0v) is 14.0. The van der Waals surface area contributed by atoms with Crippen LogP contribution >= 0.6 is 23.2 Å². The average Bonchev–Trinajstić information content (AvgIpc) is 2.80. The number of halogens is 2. The SMILES string of the molecule is CCc1nn(C)c(N(C)Cc2cccc(Cl)c2Cl)c1[N+](=O)[O-]. The van der Waals surface area contributed by atoms with E-state index in [1.54, 1.807) is 31.1 Å². The summed E-state index contributed by atoms with van der Waals surface area (Å²) in [7, 11) is 3.46. The molecule has 0 aliphatic heterocycles. The maximum atomic E-state index is 11.4. The summed E-state index contributed by atoms with van der Waals surface area (Å²) in [5.41, 5.74) is 1.29. The predicted molar refractivity (Wildman–Crippen MR) is 87.8 cm³/mol. The molecule has 0 bridgehead atoms. The van der Waals surface area contributed by atoms with Gasteiger partial charge in [0.1, 0.15) is 5.69 Å². The minimum atomic E-state index is -0.392. The van der Waals surface area contributed by atoms with Crippen LogP contribution in [0.5, 0.6) is 0 Å². The van der Waals surface area contributed by atoms with Gasteiger partial charge in [0.25, 0.3) is 0 Å². The first-order valence-electron chi connectivity index (χ1n) is 6.71. The van der Waals surface area contributed by atoms with Crippen LogP contribution in [0.4, 0.5) is 11.5 Å². The molecule has 1 aromatic heterocycles. The Kier molecular flexibility index (Phi) is 4.93. The maximum Gasteiger partial charge on any atom is 0.334 e. The molecule has 8 heteroatoms. The fourth-order valence-corrected chi connectivity index (χ4v) is 2.79. The average molecular weight is 343 g/mol. The molecule has 0 amide bonds. The Morgan fingerprint density at radius 1 is 1.41 bits per heavy atom. The highest BCUT2D eigenvalue weighted by Crippen LogP contribution is 2.33.